The Balaban J connectivity index is 1.89. The third-order valence-electron chi connectivity index (χ3n) is 3.38. The second-order valence-electron chi connectivity index (χ2n) is 4.72. The predicted octanol–water partition coefficient (Wildman–Crippen LogP) is 3.29. The molecule has 0 aliphatic carbocycles. The van der Waals surface area contributed by atoms with Gasteiger partial charge >= 0.3 is 0 Å². The lowest BCUT2D eigenvalue weighted by atomic mass is 10.1. The van der Waals surface area contributed by atoms with Crippen LogP contribution in [0.4, 0.5) is 5.69 Å². The van der Waals surface area contributed by atoms with Crippen molar-refractivity contribution >= 4 is 17.4 Å². The summed E-state index contributed by atoms with van der Waals surface area (Å²) in [5, 5.41) is 9.29. The topological polar surface area (TPSA) is 23.5 Å². The maximum Gasteiger partial charge on any atom is 0.0682 e. The maximum atomic E-state index is 9.29. The van der Waals surface area contributed by atoms with E-state index in [0.29, 0.717) is 0 Å². The van der Waals surface area contributed by atoms with E-state index in [0.717, 1.165) is 24.4 Å². The van der Waals surface area contributed by atoms with Gasteiger partial charge in [0.1, 0.15) is 0 Å². The van der Waals surface area contributed by atoms with Crippen LogP contribution in [0.25, 0.3) is 0 Å². The summed E-state index contributed by atoms with van der Waals surface area (Å²) in [4.78, 5) is 3.72. The molecule has 2 nitrogen and oxygen atoms in total. The van der Waals surface area contributed by atoms with E-state index in [1.54, 1.807) is 0 Å². The van der Waals surface area contributed by atoms with Gasteiger partial charge < -0.3 is 10.0 Å². The van der Waals surface area contributed by atoms with Crippen LogP contribution < -0.4 is 4.90 Å². The van der Waals surface area contributed by atoms with Crippen LogP contribution >= 0.6 is 11.8 Å². The number of fused-ring (bicyclic) bond motifs is 1. The van der Waals surface area contributed by atoms with E-state index >= 15 is 0 Å². The summed E-state index contributed by atoms with van der Waals surface area (Å²) in [7, 11) is 0. The van der Waals surface area contributed by atoms with Gasteiger partial charge in [-0.3, -0.25) is 0 Å². The van der Waals surface area contributed by atoms with Crippen molar-refractivity contribution in [3.8, 4) is 0 Å². The number of hydrogen-bond donors (Lipinski definition) is 1. The third kappa shape index (κ3) is 2.77. The van der Waals surface area contributed by atoms with Gasteiger partial charge in [0.25, 0.3) is 0 Å². The molecule has 0 spiro atoms. The number of aliphatic hydroxyl groups is 1. The smallest absolute Gasteiger partial charge is 0.0682 e. The largest absolute Gasteiger partial charge is 0.392 e. The monoisotopic (exact) mass is 271 g/mol. The highest BCUT2D eigenvalue weighted by molar-refractivity contribution is 7.99. The molecule has 1 aliphatic rings. The van der Waals surface area contributed by atoms with Gasteiger partial charge in [-0.25, -0.2) is 0 Å². The minimum absolute atomic E-state index is 0.108. The molecule has 0 bridgehead atoms. The molecule has 0 aromatic heterocycles. The number of hydrogen-bond acceptors (Lipinski definition) is 3. The number of nitrogens with zero attached hydrogens (tertiary/aromatic N) is 1. The Morgan fingerprint density at radius 1 is 1.05 bits per heavy atom. The first kappa shape index (κ1) is 12.6. The third-order valence-corrected chi connectivity index (χ3v) is 4.42. The zero-order valence-corrected chi connectivity index (χ0v) is 11.6. The van der Waals surface area contributed by atoms with Gasteiger partial charge in [0.2, 0.25) is 0 Å². The molecule has 3 heteroatoms. The molecular formula is C16H17NOS. The van der Waals surface area contributed by atoms with Gasteiger partial charge in [-0.1, -0.05) is 36.4 Å². The molecule has 0 fully saturated rings. The summed E-state index contributed by atoms with van der Waals surface area (Å²) < 4.78 is 0. The van der Waals surface area contributed by atoms with E-state index in [1.807, 2.05) is 23.9 Å². The molecule has 0 atom stereocenters. The first-order valence-electron chi connectivity index (χ1n) is 6.52. The van der Waals surface area contributed by atoms with Crippen LogP contribution in [0, 0.1) is 0 Å². The molecule has 0 unspecified atom stereocenters. The summed E-state index contributed by atoms with van der Waals surface area (Å²) in [5.74, 6) is 1.12. The summed E-state index contributed by atoms with van der Waals surface area (Å²) in [5.41, 5.74) is 3.57. The lowest BCUT2D eigenvalue weighted by molar-refractivity contribution is 0.282. The van der Waals surface area contributed by atoms with E-state index in [4.69, 9.17) is 0 Å². The molecule has 2 aromatic carbocycles. The van der Waals surface area contributed by atoms with Crippen LogP contribution in [-0.2, 0) is 13.2 Å². The summed E-state index contributed by atoms with van der Waals surface area (Å²) in [6.45, 7) is 2.10. The van der Waals surface area contributed by atoms with Crippen LogP contribution in [0.3, 0.4) is 0 Å². The molecule has 19 heavy (non-hydrogen) atoms. The molecular weight excluding hydrogens is 254 g/mol. The Morgan fingerprint density at radius 3 is 2.68 bits per heavy atom. The van der Waals surface area contributed by atoms with Crippen molar-refractivity contribution < 1.29 is 5.11 Å². The zero-order valence-electron chi connectivity index (χ0n) is 10.7. The van der Waals surface area contributed by atoms with Crippen LogP contribution in [0.2, 0.25) is 0 Å². The maximum absolute atomic E-state index is 9.29. The van der Waals surface area contributed by atoms with E-state index in [1.165, 1.54) is 16.1 Å². The predicted molar refractivity (Wildman–Crippen MR) is 80.6 cm³/mol. The molecule has 0 saturated carbocycles. The molecule has 0 saturated heterocycles. The summed E-state index contributed by atoms with van der Waals surface area (Å²) >= 11 is 1.90. The lowest BCUT2D eigenvalue weighted by Gasteiger charge is -2.31. The number of thioether (sulfide) groups is 1. The quantitative estimate of drug-likeness (QED) is 0.926. The number of aliphatic hydroxyl groups excluding tert-OH is 1. The van der Waals surface area contributed by atoms with Gasteiger partial charge in [-0.15, -0.1) is 11.8 Å². The van der Waals surface area contributed by atoms with Crippen molar-refractivity contribution in [1.82, 2.24) is 0 Å². The normalized spacial score (nSPS) is 14.3. The highest BCUT2D eigenvalue weighted by atomic mass is 32.2. The number of anilines is 1. The SMILES string of the molecule is OCc1ccc2c(c1)N(Cc1ccccc1)CCS2. The Labute approximate surface area is 118 Å². The Morgan fingerprint density at radius 2 is 1.89 bits per heavy atom. The molecule has 1 N–H and O–H groups in total. The van der Waals surface area contributed by atoms with Crippen LogP contribution in [0.1, 0.15) is 11.1 Å². The number of benzene rings is 2. The highest BCUT2D eigenvalue weighted by Crippen LogP contribution is 2.36. The second kappa shape index (κ2) is 5.68. The standard InChI is InChI=1S/C16H17NOS/c18-12-14-6-7-16-15(10-14)17(8-9-19-16)11-13-4-2-1-3-5-13/h1-7,10,18H,8-9,11-12H2. The van der Waals surface area contributed by atoms with Crippen LogP contribution in [0.15, 0.2) is 53.4 Å². The van der Waals surface area contributed by atoms with Crippen molar-refractivity contribution in [3.63, 3.8) is 0 Å². The molecule has 1 heterocycles. The molecule has 3 rings (SSSR count). The Kier molecular flexibility index (Phi) is 3.76. The van der Waals surface area contributed by atoms with Crippen molar-refractivity contribution in [2.75, 3.05) is 17.2 Å². The van der Waals surface area contributed by atoms with Crippen LogP contribution in [0.5, 0.6) is 0 Å². The summed E-state index contributed by atoms with van der Waals surface area (Å²) in [6, 6.07) is 16.8. The van der Waals surface area contributed by atoms with E-state index in [-0.39, 0.29) is 6.61 Å². The molecule has 0 amide bonds. The minimum atomic E-state index is 0.108. The highest BCUT2D eigenvalue weighted by Gasteiger charge is 2.17. The average molecular weight is 271 g/mol. The average Bonchev–Trinajstić information content (AvgIpc) is 2.48. The number of rotatable bonds is 3. The first-order valence-corrected chi connectivity index (χ1v) is 7.51. The van der Waals surface area contributed by atoms with Crippen molar-refractivity contribution in [3.05, 3.63) is 59.7 Å². The van der Waals surface area contributed by atoms with Gasteiger partial charge in [-0.2, -0.15) is 0 Å². The van der Waals surface area contributed by atoms with Gasteiger partial charge in [0.05, 0.1) is 12.3 Å². The lowest BCUT2D eigenvalue weighted by Crippen LogP contribution is -2.28. The van der Waals surface area contributed by atoms with Gasteiger partial charge in [0.15, 0.2) is 0 Å². The van der Waals surface area contributed by atoms with E-state index < -0.39 is 0 Å². The van der Waals surface area contributed by atoms with Gasteiger partial charge in [0, 0.05) is 23.7 Å². The van der Waals surface area contributed by atoms with E-state index in [2.05, 4.69) is 41.3 Å². The van der Waals surface area contributed by atoms with Crippen molar-refractivity contribution in [2.45, 2.75) is 18.0 Å². The van der Waals surface area contributed by atoms with E-state index in [9.17, 15) is 5.11 Å². The Hall–Kier alpha value is -1.45. The van der Waals surface area contributed by atoms with Crippen LogP contribution in [-0.4, -0.2) is 17.4 Å². The van der Waals surface area contributed by atoms with Crippen molar-refractivity contribution in [2.24, 2.45) is 0 Å². The molecule has 1 aliphatic heterocycles. The molecule has 98 valence electrons. The second-order valence-corrected chi connectivity index (χ2v) is 5.85. The molecule has 0 radical (unpaired) electrons. The summed E-state index contributed by atoms with van der Waals surface area (Å²) in [6.07, 6.45) is 0. The first-order chi connectivity index (χ1) is 9.36. The fourth-order valence-electron chi connectivity index (χ4n) is 2.38. The fourth-order valence-corrected chi connectivity index (χ4v) is 3.42. The minimum Gasteiger partial charge on any atom is -0.392 e. The van der Waals surface area contributed by atoms with Crippen molar-refractivity contribution in [1.29, 1.82) is 0 Å². The zero-order chi connectivity index (χ0) is 13.1. The fraction of sp³-hybridized carbons (Fsp3) is 0.250. The Bertz CT molecular complexity index is 556. The van der Waals surface area contributed by atoms with Gasteiger partial charge in [-0.05, 0) is 23.3 Å². The molecule has 2 aromatic rings.